The molecule has 0 saturated carbocycles. The van der Waals surface area contributed by atoms with Crippen molar-refractivity contribution in [3.8, 4) is 11.5 Å². The summed E-state index contributed by atoms with van der Waals surface area (Å²) in [4.78, 5) is 48.5. The summed E-state index contributed by atoms with van der Waals surface area (Å²) in [5.74, 6) is -1.09. The molecule has 37 heavy (non-hydrogen) atoms. The van der Waals surface area contributed by atoms with Gasteiger partial charge in [0, 0.05) is 12.8 Å². The second-order valence-corrected chi connectivity index (χ2v) is 9.22. The molecule has 0 heterocycles. The number of hydrogen-bond acceptors (Lipinski definition) is 10. The summed E-state index contributed by atoms with van der Waals surface area (Å²) < 4.78 is 25.8. The Bertz CT molecular complexity index is 902. The van der Waals surface area contributed by atoms with Crippen LogP contribution in [0.1, 0.15) is 72.8 Å². The molecule has 2 N–H and O–H groups in total. The molecule has 4 atom stereocenters. The summed E-state index contributed by atoms with van der Waals surface area (Å²) in [6.07, 6.45) is 0.584. The topological polar surface area (TPSA) is 140 Å². The van der Waals surface area contributed by atoms with Crippen LogP contribution in [-0.4, -0.2) is 49.4 Å². The van der Waals surface area contributed by atoms with E-state index in [-0.39, 0.29) is 55.8 Å². The van der Waals surface area contributed by atoms with Crippen LogP contribution in [0.2, 0.25) is 0 Å². The van der Waals surface area contributed by atoms with E-state index in [0.717, 1.165) is 12.8 Å². The van der Waals surface area contributed by atoms with Crippen molar-refractivity contribution >= 4 is 24.1 Å². The van der Waals surface area contributed by atoms with Gasteiger partial charge in [0.05, 0.1) is 6.61 Å². The highest BCUT2D eigenvalue weighted by molar-refractivity contribution is 5.77. The van der Waals surface area contributed by atoms with Crippen LogP contribution in [0, 0.1) is 11.8 Å². The lowest BCUT2D eigenvalue weighted by atomic mass is 10.0. The van der Waals surface area contributed by atoms with Crippen molar-refractivity contribution in [3.05, 3.63) is 23.8 Å². The number of benzene rings is 1. The molecule has 1 aromatic rings. The summed E-state index contributed by atoms with van der Waals surface area (Å²) in [5, 5.41) is 0. The van der Waals surface area contributed by atoms with Gasteiger partial charge < -0.3 is 29.4 Å². The lowest BCUT2D eigenvalue weighted by Gasteiger charge is -2.17. The molecule has 0 saturated heterocycles. The minimum absolute atomic E-state index is 0.0724. The third kappa shape index (κ3) is 12.6. The van der Waals surface area contributed by atoms with Crippen LogP contribution < -0.4 is 15.2 Å². The first-order valence-corrected chi connectivity index (χ1v) is 12.8. The van der Waals surface area contributed by atoms with Gasteiger partial charge in [0.2, 0.25) is 0 Å². The molecule has 0 aliphatic heterocycles. The average molecular weight is 524 g/mol. The molecule has 0 radical (unpaired) electrons. The largest absolute Gasteiger partial charge is 0.508 e. The molecule has 208 valence electrons. The number of nitrogens with two attached hydrogens (primary N) is 1. The van der Waals surface area contributed by atoms with Gasteiger partial charge in [0.25, 0.3) is 0 Å². The zero-order valence-electron chi connectivity index (χ0n) is 22.7. The Hall–Kier alpha value is -3.14. The summed E-state index contributed by atoms with van der Waals surface area (Å²) >= 11 is 0. The number of hydrogen-bond donors (Lipinski definition) is 1. The smallest absolute Gasteiger partial charge is 0.461 e. The van der Waals surface area contributed by atoms with Gasteiger partial charge in [-0.05, 0) is 49.8 Å². The van der Waals surface area contributed by atoms with Gasteiger partial charge in [-0.3, -0.25) is 14.4 Å². The molecule has 10 nitrogen and oxygen atoms in total. The van der Waals surface area contributed by atoms with E-state index in [1.807, 2.05) is 27.7 Å². The number of ether oxygens (including phenoxy) is 5. The van der Waals surface area contributed by atoms with E-state index in [9.17, 15) is 19.2 Å². The summed E-state index contributed by atoms with van der Waals surface area (Å²) in [7, 11) is 0. The van der Waals surface area contributed by atoms with Crippen molar-refractivity contribution in [1.82, 2.24) is 0 Å². The van der Waals surface area contributed by atoms with E-state index < -0.39 is 36.2 Å². The Labute approximate surface area is 219 Å². The molecule has 0 aromatic heterocycles. The van der Waals surface area contributed by atoms with Crippen molar-refractivity contribution in [2.45, 2.75) is 85.8 Å². The first kappa shape index (κ1) is 31.9. The zero-order chi connectivity index (χ0) is 28.0. The van der Waals surface area contributed by atoms with E-state index in [1.165, 1.54) is 12.1 Å². The molecule has 0 aliphatic carbocycles. The van der Waals surface area contributed by atoms with Crippen LogP contribution in [-0.2, 0) is 35.0 Å². The monoisotopic (exact) mass is 523 g/mol. The molecule has 1 aromatic carbocycles. The van der Waals surface area contributed by atoms with Gasteiger partial charge in [-0.1, -0.05) is 46.6 Å². The SMILES string of the molecule is CCOC(=O)O[C@@H](C)COC(=O)[C@@H](N)Cc1ccc(OC(=O)CC(C)CC)c(OC(=O)CC(C)CC)c1. The Morgan fingerprint density at radius 1 is 0.838 bits per heavy atom. The molecule has 10 heteroatoms. The fourth-order valence-corrected chi connectivity index (χ4v) is 3.02. The zero-order valence-corrected chi connectivity index (χ0v) is 22.7. The lowest BCUT2D eigenvalue weighted by molar-refractivity contribution is -0.148. The average Bonchev–Trinajstić information content (AvgIpc) is 2.83. The highest BCUT2D eigenvalue weighted by Gasteiger charge is 2.21. The maximum absolute atomic E-state index is 12.4. The minimum atomic E-state index is -1.03. The standard InChI is InChI=1S/C27H41NO9/c1-7-17(4)12-24(29)36-22-11-10-20(15-23(22)37-25(30)13-18(5)8-2)14-21(28)26(31)34-16-19(6)35-27(32)33-9-3/h10-11,15,17-19,21H,7-9,12-14,16,28H2,1-6H3/t17?,18?,19-,21-/m0/s1. The first-order valence-electron chi connectivity index (χ1n) is 12.8. The van der Waals surface area contributed by atoms with E-state index in [2.05, 4.69) is 4.74 Å². The number of rotatable bonds is 15. The van der Waals surface area contributed by atoms with Crippen molar-refractivity contribution in [2.24, 2.45) is 17.6 Å². The van der Waals surface area contributed by atoms with Crippen LogP contribution in [0.5, 0.6) is 11.5 Å². The number of esters is 3. The predicted octanol–water partition coefficient (Wildman–Crippen LogP) is 4.34. The third-order valence-electron chi connectivity index (χ3n) is 5.66. The van der Waals surface area contributed by atoms with Gasteiger partial charge in [-0.2, -0.15) is 0 Å². The van der Waals surface area contributed by atoms with Crippen LogP contribution >= 0.6 is 0 Å². The molecule has 0 fully saturated rings. The fraction of sp³-hybridized carbons (Fsp3) is 0.630. The minimum Gasteiger partial charge on any atom is -0.461 e. The summed E-state index contributed by atoms with van der Waals surface area (Å²) in [6.45, 7) is 11.0. The van der Waals surface area contributed by atoms with E-state index in [0.29, 0.717) is 5.56 Å². The van der Waals surface area contributed by atoms with Crippen molar-refractivity contribution < 1.29 is 42.9 Å². The summed E-state index contributed by atoms with van der Waals surface area (Å²) in [5.41, 5.74) is 6.59. The van der Waals surface area contributed by atoms with Crippen molar-refractivity contribution in [3.63, 3.8) is 0 Å². The Balaban J connectivity index is 2.90. The highest BCUT2D eigenvalue weighted by atomic mass is 16.7. The van der Waals surface area contributed by atoms with Crippen molar-refractivity contribution in [2.75, 3.05) is 13.2 Å². The fourth-order valence-electron chi connectivity index (χ4n) is 3.02. The Morgan fingerprint density at radius 2 is 1.41 bits per heavy atom. The summed E-state index contributed by atoms with van der Waals surface area (Å²) in [6, 6.07) is 3.65. The van der Waals surface area contributed by atoms with E-state index in [4.69, 9.17) is 24.7 Å². The predicted molar refractivity (Wildman–Crippen MR) is 136 cm³/mol. The number of carbonyl (C=O) groups is 4. The van der Waals surface area contributed by atoms with Gasteiger partial charge >= 0.3 is 24.1 Å². The molecular formula is C27H41NO9. The molecule has 0 spiro atoms. The van der Waals surface area contributed by atoms with Gasteiger partial charge in [-0.25, -0.2) is 4.79 Å². The molecule has 0 bridgehead atoms. The molecular weight excluding hydrogens is 482 g/mol. The normalized spacial score (nSPS) is 14.0. The maximum Gasteiger partial charge on any atom is 0.508 e. The van der Waals surface area contributed by atoms with Gasteiger partial charge in [-0.15, -0.1) is 0 Å². The lowest BCUT2D eigenvalue weighted by Crippen LogP contribution is -2.36. The van der Waals surface area contributed by atoms with Crippen LogP contribution in [0.3, 0.4) is 0 Å². The molecule has 2 unspecified atom stereocenters. The van der Waals surface area contributed by atoms with Crippen LogP contribution in [0.15, 0.2) is 18.2 Å². The van der Waals surface area contributed by atoms with Crippen molar-refractivity contribution in [1.29, 1.82) is 0 Å². The van der Waals surface area contributed by atoms with Crippen LogP contribution in [0.4, 0.5) is 4.79 Å². The quantitative estimate of drug-likeness (QED) is 0.261. The first-order chi connectivity index (χ1) is 17.5. The van der Waals surface area contributed by atoms with E-state index in [1.54, 1.807) is 19.9 Å². The third-order valence-corrected chi connectivity index (χ3v) is 5.66. The maximum atomic E-state index is 12.4. The second-order valence-electron chi connectivity index (χ2n) is 9.22. The van der Waals surface area contributed by atoms with Gasteiger partial charge in [0.15, 0.2) is 11.5 Å². The van der Waals surface area contributed by atoms with Gasteiger partial charge in [0.1, 0.15) is 18.8 Å². The Kier molecular flexibility index (Phi) is 14.3. The second kappa shape index (κ2) is 16.6. The van der Waals surface area contributed by atoms with E-state index >= 15 is 0 Å². The molecule has 0 amide bonds. The highest BCUT2D eigenvalue weighted by Crippen LogP contribution is 2.30. The Morgan fingerprint density at radius 3 is 1.95 bits per heavy atom. The number of carbonyl (C=O) groups excluding carboxylic acids is 4. The van der Waals surface area contributed by atoms with Crippen LogP contribution in [0.25, 0.3) is 0 Å². The molecule has 0 aliphatic rings. The molecule has 1 rings (SSSR count).